The lowest BCUT2D eigenvalue weighted by Gasteiger charge is -2.33. The van der Waals surface area contributed by atoms with E-state index < -0.39 is 0 Å². The highest BCUT2D eigenvalue weighted by molar-refractivity contribution is 5.87. The highest BCUT2D eigenvalue weighted by Gasteiger charge is 2.26. The number of aryl methyl sites for hydroxylation is 2. The normalized spacial score (nSPS) is 20.5. The molecule has 0 spiro atoms. The van der Waals surface area contributed by atoms with Crippen molar-refractivity contribution in [3.63, 3.8) is 0 Å². The minimum absolute atomic E-state index is 0.965. The molecule has 2 aliphatic rings. The van der Waals surface area contributed by atoms with E-state index in [1.165, 1.54) is 132 Å². The van der Waals surface area contributed by atoms with Crippen LogP contribution in [0.5, 0.6) is 0 Å². The van der Waals surface area contributed by atoms with E-state index in [1.54, 1.807) is 0 Å². The number of aliphatic imine (C=N–C) groups is 1. The number of pyridine rings is 1. The van der Waals surface area contributed by atoms with Gasteiger partial charge in [0.15, 0.2) is 5.82 Å². The summed E-state index contributed by atoms with van der Waals surface area (Å²) in [6.07, 6.45) is 26.3. The fourth-order valence-corrected chi connectivity index (χ4v) is 5.64. The van der Waals surface area contributed by atoms with Crippen molar-refractivity contribution < 1.29 is 0 Å². The molecule has 1 aromatic heterocycles. The second kappa shape index (κ2) is 13.3. The molecule has 0 atom stereocenters. The van der Waals surface area contributed by atoms with Crippen LogP contribution in [0, 0.1) is 11.8 Å². The Balaban J connectivity index is 1.56. The van der Waals surface area contributed by atoms with Crippen LogP contribution in [-0.4, -0.2) is 10.7 Å². The van der Waals surface area contributed by atoms with E-state index in [1.807, 2.05) is 0 Å². The van der Waals surface area contributed by atoms with Gasteiger partial charge in [0.05, 0.1) is 0 Å². The number of hydrogen-bond acceptors (Lipinski definition) is 2. The van der Waals surface area contributed by atoms with Crippen molar-refractivity contribution in [2.24, 2.45) is 16.8 Å². The molecule has 2 nitrogen and oxygen atoms in total. The molecular weight excluding hydrogens is 364 g/mol. The van der Waals surface area contributed by atoms with Gasteiger partial charge in [-0.1, -0.05) is 78.1 Å². The average Bonchev–Trinajstić information content (AvgIpc) is 2.79. The third-order valence-electron chi connectivity index (χ3n) is 7.61. The van der Waals surface area contributed by atoms with E-state index in [0.29, 0.717) is 0 Å². The quantitative estimate of drug-likeness (QED) is 0.335. The molecule has 0 N–H and O–H groups in total. The summed E-state index contributed by atoms with van der Waals surface area (Å²) in [5.74, 6) is 2.95. The highest BCUT2D eigenvalue weighted by Crippen LogP contribution is 2.38. The van der Waals surface area contributed by atoms with Crippen LogP contribution in [0.2, 0.25) is 0 Å². The maximum atomic E-state index is 5.03. The zero-order chi connectivity index (χ0) is 21.0. The van der Waals surface area contributed by atoms with Gasteiger partial charge in [-0.3, -0.25) is 0 Å². The molecule has 3 rings (SSSR count). The zero-order valence-electron chi connectivity index (χ0n) is 19.9. The van der Waals surface area contributed by atoms with Crippen molar-refractivity contribution in [2.45, 2.75) is 129 Å². The van der Waals surface area contributed by atoms with Gasteiger partial charge in [0.1, 0.15) is 0 Å². The van der Waals surface area contributed by atoms with Gasteiger partial charge in [-0.05, 0) is 80.4 Å². The van der Waals surface area contributed by atoms with Crippen LogP contribution in [0.15, 0.2) is 17.3 Å². The monoisotopic (exact) mass is 410 g/mol. The van der Waals surface area contributed by atoms with Crippen LogP contribution in [-0.2, 0) is 12.8 Å². The van der Waals surface area contributed by atoms with E-state index in [-0.39, 0.29) is 0 Å². The number of aromatic nitrogens is 1. The van der Waals surface area contributed by atoms with Crippen LogP contribution >= 0.6 is 0 Å². The topological polar surface area (TPSA) is 25.2 Å². The van der Waals surface area contributed by atoms with Gasteiger partial charge in [-0.2, -0.15) is 0 Å². The predicted molar refractivity (Wildman–Crippen MR) is 131 cm³/mol. The molecule has 2 aliphatic carbocycles. The maximum Gasteiger partial charge on any atom is 0.151 e. The summed E-state index contributed by atoms with van der Waals surface area (Å²) in [5, 5.41) is 0. The fraction of sp³-hybridized carbons (Fsp3) is 0.786. The Bertz CT molecular complexity index is 632. The molecule has 30 heavy (non-hydrogen) atoms. The van der Waals surface area contributed by atoms with Gasteiger partial charge in [0.2, 0.25) is 0 Å². The summed E-state index contributed by atoms with van der Waals surface area (Å²) in [6, 6.07) is 2.32. The van der Waals surface area contributed by atoms with E-state index in [2.05, 4.69) is 26.1 Å². The smallest absolute Gasteiger partial charge is 0.151 e. The van der Waals surface area contributed by atoms with Crippen molar-refractivity contribution in [1.82, 2.24) is 4.98 Å². The number of unbranched alkanes of at least 4 members (excludes halogenated alkanes) is 5. The van der Waals surface area contributed by atoms with Gasteiger partial charge in [0, 0.05) is 11.9 Å². The summed E-state index contributed by atoms with van der Waals surface area (Å²) in [5.41, 5.74) is 4.39. The predicted octanol–water partition coefficient (Wildman–Crippen LogP) is 8.78. The van der Waals surface area contributed by atoms with Gasteiger partial charge >= 0.3 is 0 Å². The van der Waals surface area contributed by atoms with Gasteiger partial charge in [0.25, 0.3) is 0 Å². The second-order valence-electron chi connectivity index (χ2n) is 9.99. The number of nitrogens with zero attached hydrogens (tertiary/aromatic N) is 2. The molecule has 1 aromatic rings. The molecule has 0 saturated heterocycles. The lowest BCUT2D eigenvalue weighted by molar-refractivity contribution is 0.221. The van der Waals surface area contributed by atoms with E-state index in [4.69, 9.17) is 9.98 Å². The first-order valence-corrected chi connectivity index (χ1v) is 13.3. The SMILES string of the molecule is CCCCCCCc1cnc(N=C2CCC(C3CCCCC3)CC2)cc1CCCC. The molecule has 0 unspecified atom stereocenters. The number of rotatable bonds is 11. The molecule has 0 aromatic carbocycles. The van der Waals surface area contributed by atoms with E-state index >= 15 is 0 Å². The first-order chi connectivity index (χ1) is 14.8. The Hall–Kier alpha value is -1.18. The van der Waals surface area contributed by atoms with Crippen LogP contribution < -0.4 is 0 Å². The molecule has 2 saturated carbocycles. The Labute approximate surface area is 186 Å². The third-order valence-corrected chi connectivity index (χ3v) is 7.61. The van der Waals surface area contributed by atoms with Crippen molar-refractivity contribution >= 4 is 11.5 Å². The largest absolute Gasteiger partial charge is 0.238 e. The summed E-state index contributed by atoms with van der Waals surface area (Å²) in [4.78, 5) is 9.81. The molecule has 1 heterocycles. The van der Waals surface area contributed by atoms with Crippen molar-refractivity contribution in [3.05, 3.63) is 23.4 Å². The lowest BCUT2D eigenvalue weighted by Crippen LogP contribution is -2.23. The van der Waals surface area contributed by atoms with Crippen molar-refractivity contribution in [2.75, 3.05) is 0 Å². The fourth-order valence-electron chi connectivity index (χ4n) is 5.64. The zero-order valence-corrected chi connectivity index (χ0v) is 19.9. The van der Waals surface area contributed by atoms with Crippen molar-refractivity contribution in [1.29, 1.82) is 0 Å². The Morgan fingerprint density at radius 3 is 2.17 bits per heavy atom. The van der Waals surface area contributed by atoms with Crippen LogP contribution in [0.25, 0.3) is 0 Å². The Kier molecular flexibility index (Phi) is 10.4. The number of hydrogen-bond donors (Lipinski definition) is 0. The molecule has 168 valence electrons. The summed E-state index contributed by atoms with van der Waals surface area (Å²) in [6.45, 7) is 4.58. The molecule has 2 heteroatoms. The summed E-state index contributed by atoms with van der Waals surface area (Å²) >= 11 is 0. The maximum absolute atomic E-state index is 5.03. The average molecular weight is 411 g/mol. The second-order valence-corrected chi connectivity index (χ2v) is 9.99. The molecule has 0 amide bonds. The molecule has 2 fully saturated rings. The minimum atomic E-state index is 0.965. The molecule has 0 radical (unpaired) electrons. The molecule has 0 aliphatic heterocycles. The van der Waals surface area contributed by atoms with Crippen LogP contribution in [0.4, 0.5) is 5.82 Å². The summed E-state index contributed by atoms with van der Waals surface area (Å²) in [7, 11) is 0. The van der Waals surface area contributed by atoms with Crippen LogP contribution in [0.1, 0.15) is 128 Å². The molecular formula is C28H46N2. The third kappa shape index (κ3) is 7.50. The van der Waals surface area contributed by atoms with E-state index in [0.717, 1.165) is 17.7 Å². The van der Waals surface area contributed by atoms with Crippen molar-refractivity contribution in [3.8, 4) is 0 Å². The van der Waals surface area contributed by atoms with E-state index in [9.17, 15) is 0 Å². The first-order valence-electron chi connectivity index (χ1n) is 13.3. The Morgan fingerprint density at radius 1 is 0.767 bits per heavy atom. The Morgan fingerprint density at radius 2 is 1.43 bits per heavy atom. The first kappa shape index (κ1) is 23.5. The minimum Gasteiger partial charge on any atom is -0.238 e. The van der Waals surface area contributed by atoms with Crippen LogP contribution in [0.3, 0.4) is 0 Å². The lowest BCUT2D eigenvalue weighted by atomic mass is 9.73. The standard InChI is InChI=1S/C28H46N2/c1-3-5-7-8-10-16-26-22-29-28(21-25(26)13-6-4-2)30-27-19-17-24(18-20-27)23-14-11-9-12-15-23/h21-24H,3-20H2,1-2H3. The molecule has 0 bridgehead atoms. The highest BCUT2D eigenvalue weighted by atomic mass is 14.9. The summed E-state index contributed by atoms with van der Waals surface area (Å²) < 4.78 is 0. The van der Waals surface area contributed by atoms with Gasteiger partial charge < -0.3 is 0 Å². The van der Waals surface area contributed by atoms with Gasteiger partial charge in [-0.15, -0.1) is 0 Å². The van der Waals surface area contributed by atoms with Gasteiger partial charge in [-0.25, -0.2) is 9.98 Å².